The zero-order valence-corrected chi connectivity index (χ0v) is 43.5. The second kappa shape index (κ2) is 35.6. The molecular weight excluding hydrogens is 859 g/mol. The van der Waals surface area contributed by atoms with E-state index in [1.165, 1.54) is 140 Å². The number of hydrogen-bond donors (Lipinski definition) is 1. The minimum Gasteiger partial charge on any atom is -0.462 e. The molecule has 0 spiro atoms. The van der Waals surface area contributed by atoms with E-state index in [0.717, 1.165) is 60.8 Å². The molecule has 0 saturated carbocycles. The van der Waals surface area contributed by atoms with Crippen LogP contribution < -0.4 is 5.32 Å². The molecule has 378 valence electrons. The summed E-state index contributed by atoms with van der Waals surface area (Å²) in [5.41, 5.74) is 3.65. The lowest BCUT2D eigenvalue weighted by Gasteiger charge is -2.25. The summed E-state index contributed by atoms with van der Waals surface area (Å²) in [6.45, 7) is 9.89. The summed E-state index contributed by atoms with van der Waals surface area (Å²) in [5.74, 6) is -0.930. The Balaban J connectivity index is 1.48. The summed E-state index contributed by atoms with van der Waals surface area (Å²) in [4.78, 5) is 52.8. The topological polar surface area (TPSA) is 117 Å². The number of carbonyl (C=O) groups is 4. The van der Waals surface area contributed by atoms with Crippen LogP contribution in [0.3, 0.4) is 0 Å². The van der Waals surface area contributed by atoms with E-state index in [4.69, 9.17) is 18.9 Å². The SMILES string of the molecule is CCCCCCCCCCCCCCCC(=O)OC[C@H](CSC[C@H](NC(=O)OCC1c2ccccc2-c2ccccc21)C(=O)OC(C)(C)C)OC(=O)CCCCCCCCCCCCCCC. The van der Waals surface area contributed by atoms with Crippen LogP contribution in [0.25, 0.3) is 11.1 Å². The number of ether oxygens (including phenoxy) is 4. The number of benzene rings is 2. The molecule has 0 saturated heterocycles. The van der Waals surface area contributed by atoms with Crippen molar-refractivity contribution in [1.82, 2.24) is 5.32 Å². The number of amides is 1. The molecule has 0 aromatic heterocycles. The van der Waals surface area contributed by atoms with Gasteiger partial charge in [-0.2, -0.15) is 11.8 Å². The number of nitrogens with one attached hydrogen (secondary N) is 1. The second-order valence-corrected chi connectivity index (χ2v) is 20.9. The molecule has 10 heteroatoms. The van der Waals surface area contributed by atoms with E-state index in [9.17, 15) is 19.2 Å². The molecule has 1 N–H and O–H groups in total. The lowest BCUT2D eigenvalue weighted by Crippen LogP contribution is -2.46. The third-order valence-corrected chi connectivity index (χ3v) is 13.8. The maximum absolute atomic E-state index is 13.5. The van der Waals surface area contributed by atoms with Crippen molar-refractivity contribution in [3.8, 4) is 11.1 Å². The first-order chi connectivity index (χ1) is 32.5. The first kappa shape index (κ1) is 57.8. The molecule has 0 unspecified atom stereocenters. The molecule has 3 rings (SSSR count). The van der Waals surface area contributed by atoms with Gasteiger partial charge in [-0.3, -0.25) is 9.59 Å². The zero-order valence-electron chi connectivity index (χ0n) is 42.7. The monoisotopic (exact) mass is 950 g/mol. The van der Waals surface area contributed by atoms with Crippen molar-refractivity contribution in [3.05, 3.63) is 59.7 Å². The number of hydrogen-bond acceptors (Lipinski definition) is 9. The van der Waals surface area contributed by atoms with Crippen LogP contribution in [0, 0.1) is 0 Å². The lowest BCUT2D eigenvalue weighted by atomic mass is 9.98. The van der Waals surface area contributed by atoms with Crippen LogP contribution in [0.1, 0.15) is 231 Å². The molecular formula is C57H91NO8S. The lowest BCUT2D eigenvalue weighted by molar-refractivity contribution is -0.158. The number of unbranched alkanes of at least 4 members (excludes halogenated alkanes) is 24. The largest absolute Gasteiger partial charge is 0.462 e. The van der Waals surface area contributed by atoms with Crippen molar-refractivity contribution >= 4 is 35.8 Å². The molecule has 0 radical (unpaired) electrons. The van der Waals surface area contributed by atoms with E-state index in [2.05, 4.69) is 43.4 Å². The van der Waals surface area contributed by atoms with Crippen molar-refractivity contribution in [2.75, 3.05) is 24.7 Å². The van der Waals surface area contributed by atoms with Crippen LogP contribution in [-0.4, -0.2) is 66.5 Å². The van der Waals surface area contributed by atoms with Gasteiger partial charge in [-0.15, -0.1) is 0 Å². The van der Waals surface area contributed by atoms with Gasteiger partial charge in [0.25, 0.3) is 0 Å². The van der Waals surface area contributed by atoms with Gasteiger partial charge in [-0.1, -0.05) is 216 Å². The fraction of sp³-hybridized carbons (Fsp3) is 0.719. The molecule has 0 fully saturated rings. The summed E-state index contributed by atoms with van der Waals surface area (Å²) >= 11 is 1.33. The van der Waals surface area contributed by atoms with Crippen molar-refractivity contribution in [1.29, 1.82) is 0 Å². The molecule has 2 aromatic carbocycles. The van der Waals surface area contributed by atoms with Crippen LogP contribution in [0.15, 0.2) is 48.5 Å². The van der Waals surface area contributed by atoms with Gasteiger partial charge in [-0.25, -0.2) is 9.59 Å². The van der Waals surface area contributed by atoms with Crippen LogP contribution >= 0.6 is 11.8 Å². The number of esters is 3. The Hall–Kier alpha value is -3.53. The molecule has 67 heavy (non-hydrogen) atoms. The molecule has 0 heterocycles. The number of thioether (sulfide) groups is 1. The van der Waals surface area contributed by atoms with E-state index in [0.29, 0.717) is 12.8 Å². The van der Waals surface area contributed by atoms with Gasteiger partial charge in [0.2, 0.25) is 0 Å². The summed E-state index contributed by atoms with van der Waals surface area (Å²) in [5, 5.41) is 2.75. The minimum atomic E-state index is -1.03. The summed E-state index contributed by atoms with van der Waals surface area (Å²) in [7, 11) is 0. The first-order valence-electron chi connectivity index (χ1n) is 26.8. The quantitative estimate of drug-likeness (QED) is 0.0397. The van der Waals surface area contributed by atoms with Crippen molar-refractivity contribution in [2.45, 2.75) is 238 Å². The number of fused-ring (bicyclic) bond motifs is 3. The maximum atomic E-state index is 13.5. The van der Waals surface area contributed by atoms with Crippen molar-refractivity contribution in [2.24, 2.45) is 0 Å². The molecule has 0 aliphatic heterocycles. The van der Waals surface area contributed by atoms with E-state index >= 15 is 0 Å². The predicted octanol–water partition coefficient (Wildman–Crippen LogP) is 15.4. The normalized spacial score (nSPS) is 13.1. The highest BCUT2D eigenvalue weighted by atomic mass is 32.2. The van der Waals surface area contributed by atoms with E-state index in [-0.39, 0.29) is 42.6 Å². The zero-order chi connectivity index (χ0) is 48.4. The second-order valence-electron chi connectivity index (χ2n) is 19.9. The fourth-order valence-corrected chi connectivity index (χ4v) is 9.85. The van der Waals surface area contributed by atoms with Gasteiger partial charge in [0, 0.05) is 30.3 Å². The molecule has 0 bridgehead atoms. The van der Waals surface area contributed by atoms with E-state index in [1.54, 1.807) is 20.8 Å². The Morgan fingerprint density at radius 3 is 1.42 bits per heavy atom. The van der Waals surface area contributed by atoms with Crippen LogP contribution in [-0.2, 0) is 33.3 Å². The maximum Gasteiger partial charge on any atom is 0.407 e. The van der Waals surface area contributed by atoms with E-state index in [1.807, 2.05) is 24.3 Å². The molecule has 2 aromatic rings. The van der Waals surface area contributed by atoms with Gasteiger partial charge < -0.3 is 24.3 Å². The molecule has 1 aliphatic carbocycles. The first-order valence-corrected chi connectivity index (χ1v) is 27.9. The fourth-order valence-electron chi connectivity index (χ4n) is 8.83. The van der Waals surface area contributed by atoms with Crippen LogP contribution in [0.5, 0.6) is 0 Å². The summed E-state index contributed by atoms with van der Waals surface area (Å²) in [6, 6.07) is 15.2. The summed E-state index contributed by atoms with van der Waals surface area (Å²) in [6.07, 6.45) is 31.1. The highest BCUT2D eigenvalue weighted by Crippen LogP contribution is 2.44. The molecule has 1 amide bonds. The standard InChI is InChI=1S/C57H91NO8S/c1-6-8-10-12-14-16-18-20-22-24-26-28-30-40-53(59)63-42-46(65-54(60)41-31-29-27-25-23-21-19-17-15-13-11-9-7-2)44-67-45-52(55(61)66-57(3,4)5)58-56(62)64-43-51-49-38-34-32-36-47(49)48-37-33-35-39-50(48)51/h32-39,46,51-52H,6-31,40-45H2,1-5H3,(H,58,62)/t46-,52+/m1/s1. The Bertz CT molecular complexity index is 1610. The van der Waals surface area contributed by atoms with E-state index < -0.39 is 29.8 Å². The van der Waals surface area contributed by atoms with Crippen LogP contribution in [0.2, 0.25) is 0 Å². The van der Waals surface area contributed by atoms with Crippen LogP contribution in [0.4, 0.5) is 4.79 Å². The predicted molar refractivity (Wildman–Crippen MR) is 277 cm³/mol. The highest BCUT2D eigenvalue weighted by molar-refractivity contribution is 7.99. The number of rotatable bonds is 39. The Labute approximate surface area is 411 Å². The number of alkyl carbamates (subject to hydrolysis) is 1. The molecule has 2 atom stereocenters. The van der Waals surface area contributed by atoms with Gasteiger partial charge >= 0.3 is 24.0 Å². The third kappa shape index (κ3) is 26.1. The van der Waals surface area contributed by atoms with Gasteiger partial charge in [-0.05, 0) is 55.9 Å². The minimum absolute atomic E-state index is 0.0640. The average molecular weight is 950 g/mol. The Morgan fingerprint density at radius 2 is 0.970 bits per heavy atom. The highest BCUT2D eigenvalue weighted by Gasteiger charge is 2.31. The Morgan fingerprint density at radius 1 is 0.552 bits per heavy atom. The average Bonchev–Trinajstić information content (AvgIpc) is 3.62. The smallest absolute Gasteiger partial charge is 0.407 e. The number of carbonyl (C=O) groups excluding carboxylic acids is 4. The Kier molecular flexibility index (Phi) is 30.7. The summed E-state index contributed by atoms with van der Waals surface area (Å²) < 4.78 is 23.1. The van der Waals surface area contributed by atoms with Gasteiger partial charge in [0.15, 0.2) is 0 Å². The van der Waals surface area contributed by atoms with Gasteiger partial charge in [0.1, 0.15) is 31.0 Å². The molecule has 9 nitrogen and oxygen atoms in total. The van der Waals surface area contributed by atoms with Gasteiger partial charge in [0.05, 0.1) is 0 Å². The molecule has 1 aliphatic rings. The van der Waals surface area contributed by atoms with Crippen molar-refractivity contribution < 1.29 is 38.1 Å². The third-order valence-electron chi connectivity index (χ3n) is 12.6. The van der Waals surface area contributed by atoms with Crippen molar-refractivity contribution in [3.63, 3.8) is 0 Å².